The summed E-state index contributed by atoms with van der Waals surface area (Å²) in [6.45, 7) is 0. The first-order chi connectivity index (χ1) is 7.65. The quantitative estimate of drug-likeness (QED) is 0.752. The minimum absolute atomic E-state index is 0.0304. The SMILES string of the molecule is O=C(Cc1ccsc1)c1cc(Cl)cc(Cl)c1. The van der Waals surface area contributed by atoms with Gasteiger partial charge in [0.05, 0.1) is 0 Å². The zero-order valence-corrected chi connectivity index (χ0v) is 10.6. The second-order valence-corrected chi connectivity index (χ2v) is 5.04. The highest BCUT2D eigenvalue weighted by Gasteiger charge is 2.09. The van der Waals surface area contributed by atoms with E-state index in [0.717, 1.165) is 5.56 Å². The molecule has 0 bridgehead atoms. The highest BCUT2D eigenvalue weighted by atomic mass is 35.5. The highest BCUT2D eigenvalue weighted by molar-refractivity contribution is 7.08. The van der Waals surface area contributed by atoms with Gasteiger partial charge in [-0.05, 0) is 40.6 Å². The lowest BCUT2D eigenvalue weighted by Gasteiger charge is -2.01. The van der Waals surface area contributed by atoms with Crippen LogP contribution in [0.2, 0.25) is 10.0 Å². The lowest BCUT2D eigenvalue weighted by Crippen LogP contribution is -2.02. The zero-order valence-electron chi connectivity index (χ0n) is 8.24. The van der Waals surface area contributed by atoms with Crippen molar-refractivity contribution in [3.63, 3.8) is 0 Å². The van der Waals surface area contributed by atoms with E-state index in [1.54, 1.807) is 29.5 Å². The van der Waals surface area contributed by atoms with E-state index in [9.17, 15) is 4.79 Å². The molecular formula is C12H8Cl2OS. The van der Waals surface area contributed by atoms with Crippen molar-refractivity contribution in [2.45, 2.75) is 6.42 Å². The van der Waals surface area contributed by atoms with E-state index in [4.69, 9.17) is 23.2 Å². The number of ketones is 1. The molecule has 1 nitrogen and oxygen atoms in total. The molecule has 0 saturated carbocycles. The van der Waals surface area contributed by atoms with Crippen molar-refractivity contribution in [1.82, 2.24) is 0 Å². The fraction of sp³-hybridized carbons (Fsp3) is 0.0833. The number of halogens is 2. The van der Waals surface area contributed by atoms with Gasteiger partial charge in [0, 0.05) is 22.0 Å². The Morgan fingerprint density at radius 2 is 1.88 bits per heavy atom. The summed E-state index contributed by atoms with van der Waals surface area (Å²) < 4.78 is 0. The summed E-state index contributed by atoms with van der Waals surface area (Å²) in [7, 11) is 0. The van der Waals surface area contributed by atoms with Crippen LogP contribution >= 0.6 is 34.5 Å². The largest absolute Gasteiger partial charge is 0.294 e. The lowest BCUT2D eigenvalue weighted by molar-refractivity contribution is 0.0993. The molecule has 4 heteroatoms. The topological polar surface area (TPSA) is 17.1 Å². The van der Waals surface area contributed by atoms with Gasteiger partial charge in [0.1, 0.15) is 0 Å². The summed E-state index contributed by atoms with van der Waals surface area (Å²) in [6.07, 6.45) is 0.389. The van der Waals surface area contributed by atoms with Gasteiger partial charge in [-0.15, -0.1) is 0 Å². The maximum Gasteiger partial charge on any atom is 0.167 e. The van der Waals surface area contributed by atoms with Gasteiger partial charge in [-0.3, -0.25) is 4.79 Å². The number of hydrogen-bond acceptors (Lipinski definition) is 2. The van der Waals surface area contributed by atoms with Crippen molar-refractivity contribution >= 4 is 40.3 Å². The Morgan fingerprint density at radius 3 is 2.44 bits per heavy atom. The standard InChI is InChI=1S/C12H8Cl2OS/c13-10-4-9(5-11(14)6-10)12(15)3-8-1-2-16-7-8/h1-2,4-7H,3H2. The molecule has 2 aromatic rings. The molecule has 0 aliphatic heterocycles. The van der Waals surface area contributed by atoms with Crippen molar-refractivity contribution in [3.8, 4) is 0 Å². The zero-order chi connectivity index (χ0) is 11.5. The van der Waals surface area contributed by atoms with Crippen LogP contribution in [-0.2, 0) is 6.42 Å². The molecule has 0 aliphatic carbocycles. The molecular weight excluding hydrogens is 263 g/mol. The number of rotatable bonds is 3. The number of Topliss-reactive ketones (excluding diaryl/α,β-unsaturated/α-hetero) is 1. The minimum Gasteiger partial charge on any atom is -0.294 e. The lowest BCUT2D eigenvalue weighted by atomic mass is 10.1. The number of carbonyl (C=O) groups excluding carboxylic acids is 1. The van der Waals surface area contributed by atoms with E-state index >= 15 is 0 Å². The Bertz CT molecular complexity index is 485. The van der Waals surface area contributed by atoms with Crippen LogP contribution in [0.15, 0.2) is 35.0 Å². The Morgan fingerprint density at radius 1 is 1.19 bits per heavy atom. The number of thiophene rings is 1. The molecule has 2 rings (SSSR count). The third kappa shape index (κ3) is 2.85. The molecule has 1 heterocycles. The molecule has 82 valence electrons. The van der Waals surface area contributed by atoms with Crippen molar-refractivity contribution in [2.75, 3.05) is 0 Å². The summed E-state index contributed by atoms with van der Waals surface area (Å²) in [5.41, 5.74) is 1.58. The fourth-order valence-electron chi connectivity index (χ4n) is 1.40. The van der Waals surface area contributed by atoms with Crippen molar-refractivity contribution < 1.29 is 4.79 Å². The average molecular weight is 271 g/mol. The summed E-state index contributed by atoms with van der Waals surface area (Å²) in [5, 5.41) is 4.89. The maximum atomic E-state index is 11.9. The monoisotopic (exact) mass is 270 g/mol. The normalized spacial score (nSPS) is 10.4. The summed E-state index contributed by atoms with van der Waals surface area (Å²) in [5.74, 6) is 0.0304. The van der Waals surface area contributed by atoms with Crippen LogP contribution < -0.4 is 0 Å². The van der Waals surface area contributed by atoms with Crippen LogP contribution in [0.25, 0.3) is 0 Å². The van der Waals surface area contributed by atoms with Crippen LogP contribution in [0.3, 0.4) is 0 Å². The average Bonchev–Trinajstić information content (AvgIpc) is 2.68. The van der Waals surface area contributed by atoms with Crippen LogP contribution in [0.4, 0.5) is 0 Å². The van der Waals surface area contributed by atoms with Gasteiger partial charge < -0.3 is 0 Å². The van der Waals surface area contributed by atoms with Crippen LogP contribution in [-0.4, -0.2) is 5.78 Å². The Labute approximate surface area is 108 Å². The van der Waals surface area contributed by atoms with Gasteiger partial charge in [-0.1, -0.05) is 23.2 Å². The Balaban J connectivity index is 2.21. The van der Waals surface area contributed by atoms with E-state index < -0.39 is 0 Å². The Kier molecular flexibility index (Phi) is 3.64. The predicted octanol–water partition coefficient (Wildman–Crippen LogP) is 4.48. The summed E-state index contributed by atoms with van der Waals surface area (Å²) in [4.78, 5) is 11.9. The summed E-state index contributed by atoms with van der Waals surface area (Å²) >= 11 is 13.3. The first kappa shape index (κ1) is 11.6. The molecule has 1 aromatic heterocycles. The predicted molar refractivity (Wildman–Crippen MR) is 68.8 cm³/mol. The van der Waals surface area contributed by atoms with Gasteiger partial charge in [-0.2, -0.15) is 11.3 Å². The maximum absolute atomic E-state index is 11.9. The van der Waals surface area contributed by atoms with E-state index in [-0.39, 0.29) is 5.78 Å². The van der Waals surface area contributed by atoms with E-state index in [2.05, 4.69) is 0 Å². The highest BCUT2D eigenvalue weighted by Crippen LogP contribution is 2.20. The van der Waals surface area contributed by atoms with Crippen LogP contribution in [0.5, 0.6) is 0 Å². The molecule has 0 fully saturated rings. The van der Waals surface area contributed by atoms with Crippen molar-refractivity contribution in [2.24, 2.45) is 0 Å². The molecule has 1 aromatic carbocycles. The van der Waals surface area contributed by atoms with Gasteiger partial charge >= 0.3 is 0 Å². The molecule has 16 heavy (non-hydrogen) atoms. The van der Waals surface area contributed by atoms with Crippen LogP contribution in [0, 0.1) is 0 Å². The molecule has 0 atom stereocenters. The van der Waals surface area contributed by atoms with E-state index in [0.29, 0.717) is 22.0 Å². The first-order valence-corrected chi connectivity index (χ1v) is 6.35. The van der Waals surface area contributed by atoms with Gasteiger partial charge in [0.25, 0.3) is 0 Å². The van der Waals surface area contributed by atoms with E-state index in [1.165, 1.54) is 0 Å². The molecule has 0 N–H and O–H groups in total. The fourth-order valence-corrected chi connectivity index (χ4v) is 2.59. The summed E-state index contributed by atoms with van der Waals surface area (Å²) in [6, 6.07) is 6.84. The number of benzene rings is 1. The van der Waals surface area contributed by atoms with Gasteiger partial charge in [-0.25, -0.2) is 0 Å². The van der Waals surface area contributed by atoms with Crippen molar-refractivity contribution in [1.29, 1.82) is 0 Å². The Hall–Kier alpha value is -0.830. The van der Waals surface area contributed by atoms with E-state index in [1.807, 2.05) is 16.8 Å². The molecule has 0 radical (unpaired) electrons. The molecule has 0 spiro atoms. The third-order valence-electron chi connectivity index (χ3n) is 2.13. The molecule has 0 unspecified atom stereocenters. The van der Waals surface area contributed by atoms with Gasteiger partial charge in [0.15, 0.2) is 5.78 Å². The number of carbonyl (C=O) groups is 1. The third-order valence-corrected chi connectivity index (χ3v) is 3.30. The van der Waals surface area contributed by atoms with Crippen molar-refractivity contribution in [3.05, 3.63) is 56.2 Å². The first-order valence-electron chi connectivity index (χ1n) is 4.65. The smallest absolute Gasteiger partial charge is 0.167 e. The minimum atomic E-state index is 0.0304. The molecule has 0 amide bonds. The second kappa shape index (κ2) is 5.00. The van der Waals surface area contributed by atoms with Gasteiger partial charge in [0.2, 0.25) is 0 Å². The molecule has 0 saturated heterocycles. The van der Waals surface area contributed by atoms with Crippen LogP contribution in [0.1, 0.15) is 15.9 Å². The molecule has 0 aliphatic rings. The number of hydrogen-bond donors (Lipinski definition) is 0. The second-order valence-electron chi connectivity index (χ2n) is 3.39.